The fraction of sp³-hybridized carbons (Fsp3) is 0.308. The summed E-state index contributed by atoms with van der Waals surface area (Å²) >= 11 is 0. The molecule has 2 N–H and O–H groups in total. The van der Waals surface area contributed by atoms with E-state index in [2.05, 4.69) is 20.5 Å². The smallest absolute Gasteiger partial charge is 0.263 e. The van der Waals surface area contributed by atoms with Crippen molar-refractivity contribution in [2.45, 2.75) is 18.9 Å². The highest BCUT2D eigenvalue weighted by atomic mass is 16.2. The quantitative estimate of drug-likeness (QED) is 0.745. The van der Waals surface area contributed by atoms with Crippen LogP contribution in [0.25, 0.3) is 11.0 Å². The van der Waals surface area contributed by atoms with Gasteiger partial charge in [-0.15, -0.1) is 0 Å². The summed E-state index contributed by atoms with van der Waals surface area (Å²) in [6.45, 7) is 0.192. The van der Waals surface area contributed by atoms with Gasteiger partial charge in [0.25, 0.3) is 11.8 Å². The van der Waals surface area contributed by atoms with Crippen LogP contribution in [0.3, 0.4) is 0 Å². The average Bonchev–Trinajstić information content (AvgIpc) is 3.14. The number of nitrogens with zero attached hydrogens (tertiary/aromatic N) is 3. The molecule has 8 nitrogen and oxygen atoms in total. The lowest BCUT2D eigenvalue weighted by Crippen LogP contribution is -2.41. The first-order valence-electron chi connectivity index (χ1n) is 6.63. The predicted octanol–water partition coefficient (Wildman–Crippen LogP) is -0.168. The van der Waals surface area contributed by atoms with Crippen LogP contribution in [0.15, 0.2) is 12.4 Å². The summed E-state index contributed by atoms with van der Waals surface area (Å²) in [5.74, 6) is -0.771. The van der Waals surface area contributed by atoms with Crippen molar-refractivity contribution in [3.63, 3.8) is 0 Å². The first kappa shape index (κ1) is 12.0. The number of imide groups is 1. The van der Waals surface area contributed by atoms with Gasteiger partial charge in [0.2, 0.25) is 5.91 Å². The number of aromatic nitrogens is 3. The molecule has 106 valence electrons. The molecule has 8 heteroatoms. The molecule has 21 heavy (non-hydrogen) atoms. The van der Waals surface area contributed by atoms with Crippen LogP contribution < -0.4 is 5.32 Å². The normalized spacial score (nSPS) is 21.2. The lowest BCUT2D eigenvalue weighted by atomic mass is 10.1. The molecular formula is C13H11N5O3. The Labute approximate surface area is 118 Å². The summed E-state index contributed by atoms with van der Waals surface area (Å²) in [6.07, 6.45) is 3.95. The van der Waals surface area contributed by atoms with Gasteiger partial charge in [-0.25, -0.2) is 4.98 Å². The van der Waals surface area contributed by atoms with E-state index in [4.69, 9.17) is 0 Å². The number of carbonyl (C=O) groups is 3. The highest BCUT2D eigenvalue weighted by molar-refractivity contribution is 6.25. The molecule has 0 aromatic carbocycles. The van der Waals surface area contributed by atoms with E-state index in [9.17, 15) is 14.4 Å². The van der Waals surface area contributed by atoms with Crippen LogP contribution >= 0.6 is 0 Å². The molecule has 2 aliphatic rings. The molecule has 2 aromatic rings. The van der Waals surface area contributed by atoms with Crippen molar-refractivity contribution in [1.29, 1.82) is 0 Å². The van der Waals surface area contributed by atoms with Gasteiger partial charge in [0.1, 0.15) is 0 Å². The van der Waals surface area contributed by atoms with Crippen LogP contribution in [0.1, 0.15) is 33.6 Å². The van der Waals surface area contributed by atoms with Crippen molar-refractivity contribution in [3.8, 4) is 0 Å². The molecule has 4 heterocycles. The van der Waals surface area contributed by atoms with Crippen LogP contribution in [0.2, 0.25) is 0 Å². The van der Waals surface area contributed by atoms with E-state index >= 15 is 0 Å². The van der Waals surface area contributed by atoms with Crippen molar-refractivity contribution >= 4 is 28.8 Å². The fourth-order valence-electron chi connectivity index (χ4n) is 2.87. The van der Waals surface area contributed by atoms with E-state index in [1.165, 1.54) is 17.3 Å². The zero-order valence-electron chi connectivity index (χ0n) is 10.9. The molecule has 0 bridgehead atoms. The number of nitrogens with one attached hydrogen (secondary N) is 2. The Bertz CT molecular complexity index is 796. The molecular weight excluding hydrogens is 274 g/mol. The number of hydrogen-bond acceptors (Lipinski definition) is 5. The molecule has 1 saturated heterocycles. The van der Waals surface area contributed by atoms with Crippen LogP contribution in [-0.4, -0.2) is 50.4 Å². The molecule has 1 atom stereocenters. The summed E-state index contributed by atoms with van der Waals surface area (Å²) in [5.41, 5.74) is 1.10. The van der Waals surface area contributed by atoms with E-state index in [-0.39, 0.29) is 30.3 Å². The zero-order chi connectivity index (χ0) is 14.6. The third-order valence-electron chi connectivity index (χ3n) is 3.90. The van der Waals surface area contributed by atoms with Crippen molar-refractivity contribution in [2.75, 3.05) is 6.54 Å². The monoisotopic (exact) mass is 285 g/mol. The number of amides is 3. The Morgan fingerprint density at radius 1 is 1.24 bits per heavy atom. The summed E-state index contributed by atoms with van der Waals surface area (Å²) < 4.78 is 0. The highest BCUT2D eigenvalue weighted by Crippen LogP contribution is 2.28. The van der Waals surface area contributed by atoms with Gasteiger partial charge in [0, 0.05) is 25.2 Å². The van der Waals surface area contributed by atoms with Crippen LogP contribution in [0.5, 0.6) is 0 Å². The van der Waals surface area contributed by atoms with Gasteiger partial charge >= 0.3 is 0 Å². The van der Waals surface area contributed by atoms with Crippen LogP contribution in [0.4, 0.5) is 0 Å². The Kier molecular flexibility index (Phi) is 2.35. The van der Waals surface area contributed by atoms with E-state index in [0.717, 1.165) is 0 Å². The first-order valence-corrected chi connectivity index (χ1v) is 6.63. The first-order chi connectivity index (χ1) is 10.1. The minimum Gasteiger partial charge on any atom is -0.352 e. The maximum Gasteiger partial charge on any atom is 0.263 e. The molecule has 0 spiro atoms. The fourth-order valence-corrected chi connectivity index (χ4v) is 2.87. The molecule has 0 aliphatic carbocycles. The second-order valence-corrected chi connectivity index (χ2v) is 5.20. The van der Waals surface area contributed by atoms with Crippen molar-refractivity contribution in [3.05, 3.63) is 23.5 Å². The van der Waals surface area contributed by atoms with Crippen LogP contribution in [0, 0.1) is 0 Å². The minimum absolute atomic E-state index is 0.0458. The van der Waals surface area contributed by atoms with Gasteiger partial charge in [-0.3, -0.25) is 24.4 Å². The molecule has 3 amide bonds. The Hall–Kier alpha value is -2.77. The molecule has 0 radical (unpaired) electrons. The molecule has 2 aliphatic heterocycles. The maximum atomic E-state index is 12.5. The third-order valence-corrected chi connectivity index (χ3v) is 3.90. The van der Waals surface area contributed by atoms with Gasteiger partial charge in [-0.2, -0.15) is 5.10 Å². The van der Waals surface area contributed by atoms with Crippen molar-refractivity contribution in [1.82, 2.24) is 25.4 Å². The van der Waals surface area contributed by atoms with Crippen LogP contribution in [-0.2, 0) is 4.79 Å². The third kappa shape index (κ3) is 1.65. The topological polar surface area (TPSA) is 108 Å². The number of rotatable bonds is 2. The lowest BCUT2D eigenvalue weighted by Gasteiger charge is -2.18. The van der Waals surface area contributed by atoms with Crippen molar-refractivity contribution in [2.24, 2.45) is 0 Å². The summed E-state index contributed by atoms with van der Waals surface area (Å²) in [5, 5.41) is 9.84. The van der Waals surface area contributed by atoms with Gasteiger partial charge in [0.15, 0.2) is 5.65 Å². The number of pyridine rings is 1. The Balaban J connectivity index is 1.71. The van der Waals surface area contributed by atoms with E-state index < -0.39 is 0 Å². The SMILES string of the molecule is O=C1CC[C@@H](CN2C(=O)c3cnc4[nH]ncc4c3C2=O)N1. The standard InChI is InChI=1S/C13H11N5O3/c19-9-2-1-6(16-9)5-18-12(20)8-3-14-11-7(4-15-17-11)10(8)13(18)21/h3-4,6H,1-2,5H2,(H,16,19)(H,14,15,17)/t6-/m0/s1. The lowest BCUT2D eigenvalue weighted by molar-refractivity contribution is -0.119. The number of aromatic amines is 1. The molecule has 0 unspecified atom stereocenters. The zero-order valence-corrected chi connectivity index (χ0v) is 10.9. The highest BCUT2D eigenvalue weighted by Gasteiger charge is 2.39. The number of hydrogen-bond donors (Lipinski definition) is 2. The predicted molar refractivity (Wildman–Crippen MR) is 70.4 cm³/mol. The Morgan fingerprint density at radius 3 is 2.86 bits per heavy atom. The molecule has 1 fully saturated rings. The average molecular weight is 285 g/mol. The van der Waals surface area contributed by atoms with Crippen molar-refractivity contribution < 1.29 is 14.4 Å². The molecule has 2 aromatic heterocycles. The maximum absolute atomic E-state index is 12.5. The number of H-pyrrole nitrogens is 1. The summed E-state index contributed by atoms with van der Waals surface area (Å²) in [6, 6.07) is -0.174. The molecule has 0 saturated carbocycles. The largest absolute Gasteiger partial charge is 0.352 e. The second-order valence-electron chi connectivity index (χ2n) is 5.20. The van der Waals surface area contributed by atoms with Gasteiger partial charge in [-0.05, 0) is 6.42 Å². The van der Waals surface area contributed by atoms with Gasteiger partial charge in [-0.1, -0.05) is 0 Å². The number of carbonyl (C=O) groups excluding carboxylic acids is 3. The summed E-state index contributed by atoms with van der Waals surface area (Å²) in [4.78, 5) is 41.4. The minimum atomic E-state index is -0.369. The molecule has 4 rings (SSSR count). The van der Waals surface area contributed by atoms with E-state index in [1.54, 1.807) is 0 Å². The van der Waals surface area contributed by atoms with E-state index in [1.807, 2.05) is 0 Å². The summed E-state index contributed by atoms with van der Waals surface area (Å²) in [7, 11) is 0. The van der Waals surface area contributed by atoms with E-state index in [0.29, 0.717) is 35.0 Å². The Morgan fingerprint density at radius 2 is 2.10 bits per heavy atom. The second kappa shape index (κ2) is 4.11. The van der Waals surface area contributed by atoms with Gasteiger partial charge < -0.3 is 5.32 Å². The van der Waals surface area contributed by atoms with Gasteiger partial charge in [0.05, 0.1) is 22.7 Å². The number of fused-ring (bicyclic) bond motifs is 3.